The number of esters is 1. The number of nitrogens with one attached hydrogen (secondary N) is 2. The molecule has 200 valence electrons. The molecule has 1 saturated heterocycles. The fourth-order valence-electron chi connectivity index (χ4n) is 3.69. The Morgan fingerprint density at radius 2 is 1.90 bits per heavy atom. The van der Waals surface area contributed by atoms with Gasteiger partial charge >= 0.3 is 17.7 Å². The number of furan rings is 1. The number of anilines is 1. The van der Waals surface area contributed by atoms with Crippen LogP contribution in [0.3, 0.4) is 0 Å². The van der Waals surface area contributed by atoms with Crippen LogP contribution in [0.25, 0.3) is 6.08 Å². The molecule has 0 radical (unpaired) electrons. The van der Waals surface area contributed by atoms with Crippen molar-refractivity contribution in [2.24, 2.45) is 0 Å². The van der Waals surface area contributed by atoms with Crippen LogP contribution in [-0.4, -0.2) is 47.4 Å². The summed E-state index contributed by atoms with van der Waals surface area (Å²) in [5.41, 5.74) is 0.843. The highest BCUT2D eigenvalue weighted by Crippen LogP contribution is 2.33. The molecule has 0 spiro atoms. The number of amides is 4. The fourth-order valence-corrected chi connectivity index (χ4v) is 3.69. The summed E-state index contributed by atoms with van der Waals surface area (Å²) in [6.07, 6.45) is 1.21. The number of carbonyl (C=O) groups is 4. The second-order valence-corrected chi connectivity index (χ2v) is 8.24. The molecule has 1 fully saturated rings. The first-order valence-corrected chi connectivity index (χ1v) is 11.4. The van der Waals surface area contributed by atoms with Crippen molar-refractivity contribution in [2.75, 3.05) is 19.0 Å². The van der Waals surface area contributed by atoms with Gasteiger partial charge in [0, 0.05) is 17.3 Å². The lowest BCUT2D eigenvalue weighted by molar-refractivity contribution is -0.385. The summed E-state index contributed by atoms with van der Waals surface area (Å²) in [5.74, 6) is -2.22. The maximum atomic E-state index is 13.0. The van der Waals surface area contributed by atoms with Crippen LogP contribution in [-0.2, 0) is 20.9 Å². The summed E-state index contributed by atoms with van der Waals surface area (Å²) >= 11 is 0. The number of ether oxygens (including phenoxy) is 2. The number of nitro benzene ring substituents is 1. The Bertz CT molecular complexity index is 1510. The number of aryl methyl sites for hydroxylation is 1. The van der Waals surface area contributed by atoms with E-state index >= 15 is 0 Å². The first-order chi connectivity index (χ1) is 18.7. The zero-order chi connectivity index (χ0) is 28.1. The van der Waals surface area contributed by atoms with Gasteiger partial charge in [-0.25, -0.2) is 9.59 Å². The number of hydrogen-bond acceptors (Lipinski definition) is 9. The zero-order valence-electron chi connectivity index (χ0n) is 20.8. The Morgan fingerprint density at radius 3 is 2.62 bits per heavy atom. The van der Waals surface area contributed by atoms with Crippen LogP contribution >= 0.6 is 0 Å². The van der Waals surface area contributed by atoms with Crippen LogP contribution in [0, 0.1) is 17.0 Å². The fraction of sp³-hybridized carbons (Fsp3) is 0.154. The Balaban J connectivity index is 1.54. The van der Waals surface area contributed by atoms with Gasteiger partial charge in [0.15, 0.2) is 6.61 Å². The first kappa shape index (κ1) is 26.6. The molecule has 4 amide bonds. The highest BCUT2D eigenvalue weighted by Gasteiger charge is 2.35. The lowest BCUT2D eigenvalue weighted by atomic mass is 10.1. The molecule has 0 saturated carbocycles. The minimum Gasteiger partial charge on any atom is -0.476 e. The molecule has 0 atom stereocenters. The highest BCUT2D eigenvalue weighted by atomic mass is 16.6. The molecule has 3 aromatic rings. The number of rotatable bonds is 9. The van der Waals surface area contributed by atoms with E-state index < -0.39 is 41.0 Å². The second kappa shape index (κ2) is 11.3. The van der Waals surface area contributed by atoms with Crippen LogP contribution in [0.15, 0.2) is 64.7 Å². The number of carbonyl (C=O) groups excluding carboxylic acids is 4. The van der Waals surface area contributed by atoms with Gasteiger partial charge < -0.3 is 24.5 Å². The Labute approximate surface area is 221 Å². The van der Waals surface area contributed by atoms with Gasteiger partial charge in [0.25, 0.3) is 11.8 Å². The van der Waals surface area contributed by atoms with E-state index in [0.29, 0.717) is 5.69 Å². The van der Waals surface area contributed by atoms with Crippen molar-refractivity contribution in [3.05, 3.63) is 93.1 Å². The predicted molar refractivity (Wildman–Crippen MR) is 136 cm³/mol. The van der Waals surface area contributed by atoms with Crippen molar-refractivity contribution < 1.29 is 38.0 Å². The van der Waals surface area contributed by atoms with E-state index in [1.54, 1.807) is 12.1 Å². The minimum atomic E-state index is -0.771. The lowest BCUT2D eigenvalue weighted by Gasteiger charge is -2.12. The molecule has 13 nitrogen and oxygen atoms in total. The first-order valence-electron chi connectivity index (χ1n) is 11.4. The predicted octanol–water partition coefficient (Wildman–Crippen LogP) is 3.39. The summed E-state index contributed by atoms with van der Waals surface area (Å²) < 4.78 is 15.4. The number of urea groups is 1. The molecule has 1 aliphatic rings. The second-order valence-electron chi connectivity index (χ2n) is 8.24. The topological polar surface area (TPSA) is 170 Å². The number of nitrogens with zero attached hydrogens (tertiary/aromatic N) is 2. The van der Waals surface area contributed by atoms with Crippen molar-refractivity contribution in [3.8, 4) is 5.75 Å². The molecule has 1 aromatic heterocycles. The van der Waals surface area contributed by atoms with E-state index in [1.807, 2.05) is 19.1 Å². The summed E-state index contributed by atoms with van der Waals surface area (Å²) in [5, 5.41) is 16.7. The summed E-state index contributed by atoms with van der Waals surface area (Å²) in [7, 11) is 1.18. The molecular weight excluding hydrogens is 512 g/mol. The largest absolute Gasteiger partial charge is 0.476 e. The number of hydrogen-bond donors (Lipinski definition) is 2. The molecule has 2 N–H and O–H groups in total. The van der Waals surface area contributed by atoms with Crippen molar-refractivity contribution in [3.63, 3.8) is 0 Å². The van der Waals surface area contributed by atoms with Gasteiger partial charge in [-0.3, -0.25) is 24.6 Å². The molecule has 13 heteroatoms. The van der Waals surface area contributed by atoms with Crippen molar-refractivity contribution in [1.29, 1.82) is 0 Å². The molecule has 0 aliphatic carbocycles. The van der Waals surface area contributed by atoms with Crippen molar-refractivity contribution >= 4 is 41.3 Å². The van der Waals surface area contributed by atoms with Gasteiger partial charge in [-0.15, -0.1) is 0 Å². The number of nitro groups is 1. The summed E-state index contributed by atoms with van der Waals surface area (Å²) in [6.45, 7) is 0.974. The van der Waals surface area contributed by atoms with E-state index in [4.69, 9.17) is 9.15 Å². The van der Waals surface area contributed by atoms with E-state index in [1.165, 1.54) is 43.5 Å². The third-order valence-corrected chi connectivity index (χ3v) is 5.61. The van der Waals surface area contributed by atoms with Crippen LogP contribution in [0.5, 0.6) is 5.75 Å². The van der Waals surface area contributed by atoms with Gasteiger partial charge in [0.1, 0.15) is 11.5 Å². The number of benzene rings is 2. The van der Waals surface area contributed by atoms with Gasteiger partial charge in [-0.2, -0.15) is 0 Å². The van der Waals surface area contributed by atoms with Crippen LogP contribution in [0.4, 0.5) is 16.2 Å². The van der Waals surface area contributed by atoms with E-state index in [2.05, 4.69) is 15.4 Å². The average molecular weight is 534 g/mol. The Morgan fingerprint density at radius 1 is 1.13 bits per heavy atom. The SMILES string of the molecule is COC(=O)c1ccc(CN2C(=O)N/C(=C\c3cccc([N+](=O)[O-])c3OCC(=O)Nc3ccccc3C)C2=O)o1. The highest BCUT2D eigenvalue weighted by molar-refractivity contribution is 6.14. The zero-order valence-corrected chi connectivity index (χ0v) is 20.8. The van der Waals surface area contributed by atoms with E-state index in [0.717, 1.165) is 10.5 Å². The lowest BCUT2D eigenvalue weighted by Crippen LogP contribution is -2.30. The third kappa shape index (κ3) is 5.93. The smallest absolute Gasteiger partial charge is 0.373 e. The molecule has 0 bridgehead atoms. The maximum Gasteiger partial charge on any atom is 0.373 e. The standard InChI is InChI=1S/C26H22N4O9/c1-15-6-3-4-8-18(15)27-22(31)14-38-23-16(7-5-9-20(23)30(35)36)12-19-24(32)29(26(34)28-19)13-17-10-11-21(39-17)25(33)37-2/h3-12H,13-14H2,1-2H3,(H,27,31)(H,28,34)/b19-12-. The van der Waals surface area contributed by atoms with Crippen LogP contribution < -0.4 is 15.4 Å². The molecule has 4 rings (SSSR count). The molecule has 39 heavy (non-hydrogen) atoms. The molecule has 0 unspecified atom stereocenters. The summed E-state index contributed by atoms with van der Waals surface area (Å²) in [4.78, 5) is 61.3. The van der Waals surface area contributed by atoms with Gasteiger partial charge in [-0.05, 0) is 36.8 Å². The van der Waals surface area contributed by atoms with Crippen LogP contribution in [0.1, 0.15) is 27.4 Å². The minimum absolute atomic E-state index is 0.0874. The third-order valence-electron chi connectivity index (χ3n) is 5.61. The molecular formula is C26H22N4O9. The van der Waals surface area contributed by atoms with E-state index in [9.17, 15) is 29.3 Å². The normalized spacial score (nSPS) is 13.8. The van der Waals surface area contributed by atoms with Gasteiger partial charge in [0.2, 0.25) is 11.5 Å². The van der Waals surface area contributed by atoms with E-state index in [-0.39, 0.29) is 35.1 Å². The maximum absolute atomic E-state index is 13.0. The van der Waals surface area contributed by atoms with Gasteiger partial charge in [0.05, 0.1) is 18.6 Å². The summed E-state index contributed by atoms with van der Waals surface area (Å²) in [6, 6.07) is 13.1. The molecule has 1 aliphatic heterocycles. The Hall–Kier alpha value is -5.46. The number of methoxy groups -OCH3 is 1. The quantitative estimate of drug-likeness (QED) is 0.137. The average Bonchev–Trinajstić information content (AvgIpc) is 3.49. The van der Waals surface area contributed by atoms with Crippen LogP contribution in [0.2, 0.25) is 0 Å². The molecule has 2 aromatic carbocycles. The van der Waals surface area contributed by atoms with Crippen molar-refractivity contribution in [2.45, 2.75) is 13.5 Å². The molecule has 2 heterocycles. The van der Waals surface area contributed by atoms with Crippen molar-refractivity contribution in [1.82, 2.24) is 10.2 Å². The van der Waals surface area contributed by atoms with Gasteiger partial charge in [-0.1, -0.05) is 30.3 Å². The Kier molecular flexibility index (Phi) is 7.70. The number of para-hydroxylation sites is 2. The number of imide groups is 1. The monoisotopic (exact) mass is 534 g/mol.